The molecule has 2 fully saturated rings. The molecule has 0 aromatic carbocycles. The van der Waals surface area contributed by atoms with Crippen LogP contribution in [0.2, 0.25) is 0 Å². The van der Waals surface area contributed by atoms with Crippen molar-refractivity contribution in [3.8, 4) is 0 Å². The highest BCUT2D eigenvalue weighted by atomic mass is 16.2. The molecule has 2 saturated heterocycles. The summed E-state index contributed by atoms with van der Waals surface area (Å²) in [7, 11) is 0. The van der Waals surface area contributed by atoms with Gasteiger partial charge >= 0.3 is 0 Å². The third kappa shape index (κ3) is 2.97. The molecule has 2 aliphatic heterocycles. The van der Waals surface area contributed by atoms with Crippen molar-refractivity contribution >= 4 is 11.8 Å². The van der Waals surface area contributed by atoms with Gasteiger partial charge in [0.15, 0.2) is 0 Å². The molecule has 1 N–H and O–H groups in total. The van der Waals surface area contributed by atoms with Gasteiger partial charge < -0.3 is 10.2 Å². The molecule has 1 aromatic heterocycles. The number of hydrogen-bond donors (Lipinski definition) is 1. The zero-order valence-electron chi connectivity index (χ0n) is 12.9. The molecule has 3 heterocycles. The molecule has 0 bridgehead atoms. The molecule has 3 rings (SSSR count). The van der Waals surface area contributed by atoms with Crippen molar-refractivity contribution in [2.24, 2.45) is 0 Å². The van der Waals surface area contributed by atoms with E-state index in [9.17, 15) is 9.59 Å². The van der Waals surface area contributed by atoms with Crippen LogP contribution < -0.4 is 5.32 Å². The Labute approximate surface area is 130 Å². The fourth-order valence-corrected chi connectivity index (χ4v) is 3.23. The second-order valence-electron chi connectivity index (χ2n) is 5.99. The topological polar surface area (TPSA) is 65.5 Å². The lowest BCUT2D eigenvalue weighted by Crippen LogP contribution is -2.69. The molecule has 1 aromatic rings. The van der Waals surface area contributed by atoms with Gasteiger partial charge in [-0.25, -0.2) is 0 Å². The predicted molar refractivity (Wildman–Crippen MR) is 81.9 cm³/mol. The Kier molecular flexibility index (Phi) is 4.38. The fourth-order valence-electron chi connectivity index (χ4n) is 3.23. The SMILES string of the molecule is CCC[C@@H]1NC(=O)[C@H]2CN(Cc3ccncc3)CCN2C1=O. The predicted octanol–water partition coefficient (Wildman–Crippen LogP) is 0.393. The summed E-state index contributed by atoms with van der Waals surface area (Å²) in [5.74, 6) is 0.0625. The Morgan fingerprint density at radius 1 is 1.27 bits per heavy atom. The number of pyridine rings is 1. The van der Waals surface area contributed by atoms with Crippen LogP contribution in [0.25, 0.3) is 0 Å². The van der Waals surface area contributed by atoms with Gasteiger partial charge in [0.2, 0.25) is 11.8 Å². The molecule has 2 atom stereocenters. The van der Waals surface area contributed by atoms with Crippen molar-refractivity contribution < 1.29 is 9.59 Å². The first kappa shape index (κ1) is 15.0. The lowest BCUT2D eigenvalue weighted by Gasteiger charge is -2.45. The maximum absolute atomic E-state index is 12.4. The highest BCUT2D eigenvalue weighted by Gasteiger charge is 2.42. The van der Waals surface area contributed by atoms with Gasteiger partial charge in [0, 0.05) is 38.6 Å². The average Bonchev–Trinajstić information content (AvgIpc) is 2.53. The quantitative estimate of drug-likeness (QED) is 0.874. The van der Waals surface area contributed by atoms with Crippen LogP contribution in [0.4, 0.5) is 0 Å². The molecule has 6 heteroatoms. The van der Waals surface area contributed by atoms with E-state index in [1.807, 2.05) is 19.1 Å². The molecule has 0 saturated carbocycles. The van der Waals surface area contributed by atoms with Crippen LogP contribution in [0.5, 0.6) is 0 Å². The Hall–Kier alpha value is -1.95. The first-order valence-corrected chi connectivity index (χ1v) is 7.91. The lowest BCUT2D eigenvalue weighted by molar-refractivity contribution is -0.153. The highest BCUT2D eigenvalue weighted by molar-refractivity contribution is 5.97. The number of hydrogen-bond acceptors (Lipinski definition) is 4. The molecule has 0 spiro atoms. The number of carbonyl (C=O) groups excluding carboxylic acids is 2. The van der Waals surface area contributed by atoms with Crippen LogP contribution in [0.15, 0.2) is 24.5 Å². The molecule has 2 aliphatic rings. The van der Waals surface area contributed by atoms with E-state index in [2.05, 4.69) is 15.2 Å². The highest BCUT2D eigenvalue weighted by Crippen LogP contribution is 2.19. The average molecular weight is 302 g/mol. The Balaban J connectivity index is 1.66. The number of amides is 2. The lowest BCUT2D eigenvalue weighted by atomic mass is 10.0. The van der Waals surface area contributed by atoms with Gasteiger partial charge in [0.25, 0.3) is 0 Å². The molecule has 0 radical (unpaired) electrons. The van der Waals surface area contributed by atoms with Crippen LogP contribution in [0.3, 0.4) is 0 Å². The van der Waals surface area contributed by atoms with E-state index in [0.29, 0.717) is 19.5 Å². The van der Waals surface area contributed by atoms with Gasteiger partial charge in [-0.05, 0) is 24.1 Å². The Morgan fingerprint density at radius 2 is 2.05 bits per heavy atom. The zero-order chi connectivity index (χ0) is 15.5. The molecule has 6 nitrogen and oxygen atoms in total. The zero-order valence-corrected chi connectivity index (χ0v) is 12.9. The summed E-state index contributed by atoms with van der Waals surface area (Å²) < 4.78 is 0. The van der Waals surface area contributed by atoms with Crippen molar-refractivity contribution in [2.75, 3.05) is 19.6 Å². The second-order valence-corrected chi connectivity index (χ2v) is 5.99. The van der Waals surface area contributed by atoms with Crippen LogP contribution in [-0.4, -0.2) is 58.3 Å². The van der Waals surface area contributed by atoms with Crippen LogP contribution >= 0.6 is 0 Å². The molecule has 22 heavy (non-hydrogen) atoms. The van der Waals surface area contributed by atoms with Gasteiger partial charge in [-0.1, -0.05) is 13.3 Å². The van der Waals surface area contributed by atoms with Crippen molar-refractivity contribution in [3.63, 3.8) is 0 Å². The maximum atomic E-state index is 12.4. The van der Waals surface area contributed by atoms with Gasteiger partial charge in [-0.2, -0.15) is 0 Å². The van der Waals surface area contributed by atoms with Crippen molar-refractivity contribution in [3.05, 3.63) is 30.1 Å². The summed E-state index contributed by atoms with van der Waals surface area (Å²) in [6, 6.07) is 3.28. The number of aromatic nitrogens is 1. The van der Waals surface area contributed by atoms with Crippen molar-refractivity contribution in [1.29, 1.82) is 0 Å². The van der Waals surface area contributed by atoms with E-state index < -0.39 is 0 Å². The molecule has 118 valence electrons. The Morgan fingerprint density at radius 3 is 2.77 bits per heavy atom. The summed E-state index contributed by atoms with van der Waals surface area (Å²) in [6.45, 7) is 4.84. The second kappa shape index (κ2) is 6.44. The third-order valence-electron chi connectivity index (χ3n) is 4.40. The minimum absolute atomic E-state index is 0.0162. The maximum Gasteiger partial charge on any atom is 0.245 e. The number of fused-ring (bicyclic) bond motifs is 1. The molecule has 0 unspecified atom stereocenters. The molecular weight excluding hydrogens is 280 g/mol. The monoisotopic (exact) mass is 302 g/mol. The first-order chi connectivity index (χ1) is 10.7. The van der Waals surface area contributed by atoms with E-state index in [1.165, 1.54) is 5.56 Å². The number of nitrogens with one attached hydrogen (secondary N) is 1. The van der Waals surface area contributed by atoms with Crippen LogP contribution in [0.1, 0.15) is 25.3 Å². The van der Waals surface area contributed by atoms with Gasteiger partial charge in [0.05, 0.1) is 0 Å². The molecule has 2 amide bonds. The summed E-state index contributed by atoms with van der Waals surface area (Å²) in [5.41, 5.74) is 1.18. The Bertz CT molecular complexity index is 548. The van der Waals surface area contributed by atoms with E-state index in [4.69, 9.17) is 0 Å². The minimum atomic E-state index is -0.351. The fraction of sp³-hybridized carbons (Fsp3) is 0.562. The van der Waals surface area contributed by atoms with Gasteiger partial charge in [0.1, 0.15) is 12.1 Å². The van der Waals surface area contributed by atoms with E-state index in [-0.39, 0.29) is 23.9 Å². The largest absolute Gasteiger partial charge is 0.342 e. The van der Waals surface area contributed by atoms with Crippen LogP contribution in [0, 0.1) is 0 Å². The summed E-state index contributed by atoms with van der Waals surface area (Å²) in [5, 5.41) is 2.88. The minimum Gasteiger partial charge on any atom is -0.342 e. The number of rotatable bonds is 4. The van der Waals surface area contributed by atoms with Gasteiger partial charge in [-0.15, -0.1) is 0 Å². The van der Waals surface area contributed by atoms with Crippen LogP contribution in [-0.2, 0) is 16.1 Å². The third-order valence-corrected chi connectivity index (χ3v) is 4.40. The van der Waals surface area contributed by atoms with E-state index in [0.717, 1.165) is 19.5 Å². The summed E-state index contributed by atoms with van der Waals surface area (Å²) in [4.78, 5) is 32.8. The van der Waals surface area contributed by atoms with Crippen molar-refractivity contribution in [2.45, 2.75) is 38.4 Å². The first-order valence-electron chi connectivity index (χ1n) is 7.91. The normalized spacial score (nSPS) is 25.8. The number of piperazine rings is 2. The number of nitrogens with zero attached hydrogens (tertiary/aromatic N) is 3. The van der Waals surface area contributed by atoms with E-state index in [1.54, 1.807) is 17.3 Å². The standard InChI is InChI=1S/C16H22N4O2/c1-2-3-13-16(22)20-9-8-19(11-14(20)15(21)18-13)10-12-4-6-17-7-5-12/h4-7,13-14H,2-3,8-11H2,1H3,(H,18,21)/t13-,14+/m0/s1. The van der Waals surface area contributed by atoms with Gasteiger partial charge in [-0.3, -0.25) is 19.5 Å². The molecule has 0 aliphatic carbocycles. The number of carbonyl (C=O) groups is 2. The summed E-state index contributed by atoms with van der Waals surface area (Å²) in [6.07, 6.45) is 5.16. The molecular formula is C16H22N4O2. The van der Waals surface area contributed by atoms with Crippen molar-refractivity contribution in [1.82, 2.24) is 20.1 Å². The smallest absolute Gasteiger partial charge is 0.245 e. The van der Waals surface area contributed by atoms with E-state index >= 15 is 0 Å². The summed E-state index contributed by atoms with van der Waals surface area (Å²) >= 11 is 0.